The molecule has 0 radical (unpaired) electrons. The molecule has 1 saturated heterocycles. The Kier molecular flexibility index (Phi) is 4.78. The van der Waals surface area contributed by atoms with Crippen LogP contribution in [0.5, 0.6) is 0 Å². The minimum Gasteiger partial charge on any atom is -0.340 e. The fourth-order valence-corrected chi connectivity index (χ4v) is 4.22. The van der Waals surface area contributed by atoms with E-state index in [-0.39, 0.29) is 17.1 Å². The van der Waals surface area contributed by atoms with Gasteiger partial charge in [-0.2, -0.15) is 0 Å². The average Bonchev–Trinajstić information content (AvgIpc) is 3.18. The van der Waals surface area contributed by atoms with E-state index in [1.807, 2.05) is 24.3 Å². The number of hydrogen-bond donors (Lipinski definition) is 1. The zero-order chi connectivity index (χ0) is 20.8. The van der Waals surface area contributed by atoms with Crippen molar-refractivity contribution in [2.75, 3.05) is 13.6 Å². The third-order valence-corrected chi connectivity index (χ3v) is 5.95. The van der Waals surface area contributed by atoms with Crippen molar-refractivity contribution in [3.8, 4) is 0 Å². The van der Waals surface area contributed by atoms with E-state index in [2.05, 4.69) is 5.32 Å². The lowest BCUT2D eigenvalue weighted by molar-refractivity contribution is -0.138. The molecular weight excluding hydrogens is 397 g/mol. The van der Waals surface area contributed by atoms with Crippen molar-refractivity contribution in [2.24, 2.45) is 0 Å². The van der Waals surface area contributed by atoms with Crippen molar-refractivity contribution in [1.29, 1.82) is 0 Å². The number of imide groups is 1. The van der Waals surface area contributed by atoms with Gasteiger partial charge in [0.05, 0.1) is 0 Å². The molecule has 8 heteroatoms. The Hall–Kier alpha value is -2.93. The number of amides is 4. The molecule has 150 valence electrons. The molecular formula is C21H19ClFN3O3. The summed E-state index contributed by atoms with van der Waals surface area (Å²) in [7, 11) is 1.48. The minimum absolute atomic E-state index is 0.0675. The Balaban J connectivity index is 1.51. The van der Waals surface area contributed by atoms with E-state index in [1.54, 1.807) is 0 Å². The molecule has 1 fully saturated rings. The number of likely N-dealkylation sites (N-methyl/N-ethyl adjacent to an activating group) is 1. The summed E-state index contributed by atoms with van der Waals surface area (Å²) in [5.41, 5.74) is 0.866. The number of carbonyl (C=O) groups excluding carboxylic acids is 3. The maximum Gasteiger partial charge on any atom is 0.325 e. The second-order valence-corrected chi connectivity index (χ2v) is 7.74. The molecule has 2 aliphatic rings. The average molecular weight is 416 g/mol. The maximum atomic E-state index is 14.0. The number of nitrogens with one attached hydrogen (secondary N) is 1. The SMILES string of the molecule is CN(Cc1c(F)cccc1Cl)C(=O)CN1C(=O)NC2(CCc3ccccc32)C1=O. The van der Waals surface area contributed by atoms with Gasteiger partial charge in [0.25, 0.3) is 5.91 Å². The molecule has 6 nitrogen and oxygen atoms in total. The van der Waals surface area contributed by atoms with E-state index in [9.17, 15) is 18.8 Å². The Morgan fingerprint density at radius 1 is 1.24 bits per heavy atom. The minimum atomic E-state index is -1.11. The molecule has 1 aliphatic carbocycles. The first kappa shape index (κ1) is 19.4. The molecule has 1 unspecified atom stereocenters. The van der Waals surface area contributed by atoms with Gasteiger partial charge in [0, 0.05) is 24.2 Å². The zero-order valence-electron chi connectivity index (χ0n) is 15.7. The number of aryl methyl sites for hydroxylation is 1. The first-order valence-corrected chi connectivity index (χ1v) is 9.60. The van der Waals surface area contributed by atoms with Crippen LogP contribution in [0.2, 0.25) is 5.02 Å². The molecule has 0 saturated carbocycles. The van der Waals surface area contributed by atoms with Gasteiger partial charge in [-0.3, -0.25) is 14.5 Å². The predicted molar refractivity (Wildman–Crippen MR) is 105 cm³/mol. The summed E-state index contributed by atoms with van der Waals surface area (Å²) in [6.07, 6.45) is 1.14. The highest BCUT2D eigenvalue weighted by atomic mass is 35.5. The Labute approximate surface area is 172 Å². The number of benzene rings is 2. The first-order chi connectivity index (χ1) is 13.8. The predicted octanol–water partition coefficient (Wildman–Crippen LogP) is 2.83. The molecule has 1 atom stereocenters. The quantitative estimate of drug-likeness (QED) is 0.781. The van der Waals surface area contributed by atoms with Crippen LogP contribution in [0.3, 0.4) is 0 Å². The smallest absolute Gasteiger partial charge is 0.325 e. The molecule has 0 aromatic heterocycles. The number of rotatable bonds is 4. The maximum absolute atomic E-state index is 14.0. The second-order valence-electron chi connectivity index (χ2n) is 7.33. The van der Waals surface area contributed by atoms with Crippen LogP contribution in [0.25, 0.3) is 0 Å². The first-order valence-electron chi connectivity index (χ1n) is 9.23. The van der Waals surface area contributed by atoms with Crippen LogP contribution in [0.1, 0.15) is 23.1 Å². The molecule has 2 aromatic rings. The molecule has 2 aromatic carbocycles. The largest absolute Gasteiger partial charge is 0.340 e. The molecule has 0 bridgehead atoms. The van der Waals surface area contributed by atoms with E-state index in [4.69, 9.17) is 11.6 Å². The Morgan fingerprint density at radius 3 is 2.76 bits per heavy atom. The number of hydrogen-bond acceptors (Lipinski definition) is 3. The number of nitrogens with zero attached hydrogens (tertiary/aromatic N) is 2. The summed E-state index contributed by atoms with van der Waals surface area (Å²) < 4.78 is 14.0. The lowest BCUT2D eigenvalue weighted by Gasteiger charge is -2.23. The highest BCUT2D eigenvalue weighted by Gasteiger charge is 2.55. The highest BCUT2D eigenvalue weighted by Crippen LogP contribution is 2.41. The number of carbonyl (C=O) groups is 3. The summed E-state index contributed by atoms with van der Waals surface area (Å²) in [6, 6.07) is 11.2. The molecule has 1 heterocycles. The Morgan fingerprint density at radius 2 is 2.00 bits per heavy atom. The van der Waals surface area contributed by atoms with Crippen LogP contribution < -0.4 is 5.32 Å². The number of fused-ring (bicyclic) bond motifs is 2. The molecule has 1 aliphatic heterocycles. The van der Waals surface area contributed by atoms with Gasteiger partial charge < -0.3 is 10.2 Å². The summed E-state index contributed by atoms with van der Waals surface area (Å²) >= 11 is 6.02. The zero-order valence-corrected chi connectivity index (χ0v) is 16.5. The van der Waals surface area contributed by atoms with E-state index in [0.29, 0.717) is 12.8 Å². The second kappa shape index (κ2) is 7.15. The lowest BCUT2D eigenvalue weighted by Crippen LogP contribution is -2.44. The summed E-state index contributed by atoms with van der Waals surface area (Å²) in [6.45, 7) is -0.487. The van der Waals surface area contributed by atoms with Crippen LogP contribution in [0.15, 0.2) is 42.5 Å². The van der Waals surface area contributed by atoms with Gasteiger partial charge in [0.2, 0.25) is 5.91 Å². The molecule has 1 spiro atoms. The number of urea groups is 1. The standard InChI is InChI=1S/C21H19ClFN3O3/c1-25(11-14-16(22)7-4-8-17(14)23)18(27)12-26-19(28)21(24-20(26)29)10-9-13-5-2-3-6-15(13)21/h2-8H,9-12H2,1H3,(H,24,29). The molecule has 29 heavy (non-hydrogen) atoms. The van der Waals surface area contributed by atoms with Gasteiger partial charge >= 0.3 is 6.03 Å². The van der Waals surface area contributed by atoms with Crippen molar-refractivity contribution >= 4 is 29.4 Å². The highest BCUT2D eigenvalue weighted by molar-refractivity contribution is 6.31. The van der Waals surface area contributed by atoms with Crippen LogP contribution in [0.4, 0.5) is 9.18 Å². The van der Waals surface area contributed by atoms with E-state index in [1.165, 1.54) is 30.1 Å². The topological polar surface area (TPSA) is 69.7 Å². The van der Waals surface area contributed by atoms with Gasteiger partial charge in [0.15, 0.2) is 0 Å². The van der Waals surface area contributed by atoms with Crippen molar-refractivity contribution in [1.82, 2.24) is 15.1 Å². The van der Waals surface area contributed by atoms with Gasteiger partial charge in [0.1, 0.15) is 17.9 Å². The third-order valence-electron chi connectivity index (χ3n) is 5.60. The Bertz CT molecular complexity index is 1010. The fourth-order valence-electron chi connectivity index (χ4n) is 4.00. The van der Waals surface area contributed by atoms with Gasteiger partial charge in [-0.15, -0.1) is 0 Å². The fraction of sp³-hybridized carbons (Fsp3) is 0.286. The van der Waals surface area contributed by atoms with Gasteiger partial charge in [-0.1, -0.05) is 41.9 Å². The van der Waals surface area contributed by atoms with Crippen LogP contribution in [0, 0.1) is 5.82 Å². The van der Waals surface area contributed by atoms with Crippen molar-refractivity contribution in [3.63, 3.8) is 0 Å². The summed E-state index contributed by atoms with van der Waals surface area (Å²) in [4.78, 5) is 40.5. The molecule has 4 rings (SSSR count). The van der Waals surface area contributed by atoms with Gasteiger partial charge in [-0.05, 0) is 36.1 Å². The lowest BCUT2D eigenvalue weighted by atomic mass is 9.92. The van der Waals surface area contributed by atoms with Crippen molar-refractivity contribution in [2.45, 2.75) is 24.9 Å². The van der Waals surface area contributed by atoms with E-state index >= 15 is 0 Å². The third kappa shape index (κ3) is 3.15. The summed E-state index contributed by atoms with van der Waals surface area (Å²) in [5, 5.41) is 2.99. The molecule has 4 amide bonds. The monoisotopic (exact) mass is 415 g/mol. The van der Waals surface area contributed by atoms with Crippen LogP contribution in [-0.4, -0.2) is 41.2 Å². The normalized spacial score (nSPS) is 20.2. The van der Waals surface area contributed by atoms with E-state index in [0.717, 1.165) is 16.0 Å². The van der Waals surface area contributed by atoms with Crippen LogP contribution >= 0.6 is 11.6 Å². The summed E-state index contributed by atoms with van der Waals surface area (Å²) in [5.74, 6) is -1.44. The van der Waals surface area contributed by atoms with Crippen LogP contribution in [-0.2, 0) is 28.1 Å². The van der Waals surface area contributed by atoms with E-state index < -0.39 is 35.7 Å². The van der Waals surface area contributed by atoms with Gasteiger partial charge in [-0.25, -0.2) is 9.18 Å². The van der Waals surface area contributed by atoms with Crippen molar-refractivity contribution in [3.05, 3.63) is 70.0 Å². The number of halogens is 2. The van der Waals surface area contributed by atoms with Crippen molar-refractivity contribution < 1.29 is 18.8 Å². The molecule has 1 N–H and O–H groups in total.